The van der Waals surface area contributed by atoms with Crippen LogP contribution in [0.15, 0.2) is 0 Å². The summed E-state index contributed by atoms with van der Waals surface area (Å²) in [6.07, 6.45) is 3.77. The predicted molar refractivity (Wildman–Crippen MR) is 89.7 cm³/mol. The Hall–Kier alpha value is -0.820. The lowest BCUT2D eigenvalue weighted by Gasteiger charge is -2.47. The zero-order chi connectivity index (χ0) is 18.5. The second kappa shape index (κ2) is 6.66. The first kappa shape index (κ1) is 18.5. The van der Waals surface area contributed by atoms with Crippen molar-refractivity contribution in [1.82, 2.24) is 20.6 Å². The molecule has 1 spiro atoms. The number of aliphatic hydroxyl groups is 1. The predicted octanol–water partition coefficient (Wildman–Crippen LogP) is -1.21. The molecule has 11 heteroatoms. The van der Waals surface area contributed by atoms with Crippen molar-refractivity contribution in [1.29, 1.82) is 0 Å². The van der Waals surface area contributed by atoms with Gasteiger partial charge >= 0.3 is 10.4 Å². The standard InChI is InChI=1S/C15H26N4O6S/c20-13(17-10-3-5-15(6-4-10)8-16-9-15)12-2-1-11-7-18(12)14(21)19(11)25-26(22,23)24/h10-12,14,16,21H,1-9H2,(H,17,20)(H,22,23,24)/t11-,12+,14?/m1/s1. The number of nitrogens with one attached hydrogen (secondary N) is 2. The monoisotopic (exact) mass is 390 g/mol. The van der Waals surface area contributed by atoms with Crippen LogP contribution in [0.3, 0.4) is 0 Å². The summed E-state index contributed by atoms with van der Waals surface area (Å²) >= 11 is 0. The summed E-state index contributed by atoms with van der Waals surface area (Å²) in [4.78, 5) is 14.3. The molecule has 3 aliphatic heterocycles. The quantitative estimate of drug-likeness (QED) is 0.437. The van der Waals surface area contributed by atoms with Crippen LogP contribution in [0.2, 0.25) is 0 Å². The molecule has 0 radical (unpaired) electrons. The topological polar surface area (TPSA) is 131 Å². The van der Waals surface area contributed by atoms with Gasteiger partial charge in [-0.25, -0.2) is 0 Å². The number of amides is 1. The van der Waals surface area contributed by atoms with Crippen molar-refractivity contribution in [3.05, 3.63) is 0 Å². The summed E-state index contributed by atoms with van der Waals surface area (Å²) in [6, 6.07) is -0.759. The molecule has 3 saturated heterocycles. The van der Waals surface area contributed by atoms with Gasteiger partial charge in [-0.05, 0) is 43.9 Å². The van der Waals surface area contributed by atoms with E-state index < -0.39 is 22.8 Å². The number of rotatable bonds is 4. The fourth-order valence-corrected chi connectivity index (χ4v) is 5.19. The lowest BCUT2D eigenvalue weighted by Crippen LogP contribution is -2.58. The Kier molecular flexibility index (Phi) is 4.75. The van der Waals surface area contributed by atoms with Crippen molar-refractivity contribution < 1.29 is 27.2 Å². The summed E-state index contributed by atoms with van der Waals surface area (Å²) < 4.78 is 35.3. The van der Waals surface area contributed by atoms with Gasteiger partial charge in [0.15, 0.2) is 6.35 Å². The number of carbonyl (C=O) groups is 1. The average Bonchev–Trinajstić information content (AvgIpc) is 2.78. The van der Waals surface area contributed by atoms with Gasteiger partial charge in [0, 0.05) is 25.7 Å². The molecule has 26 heavy (non-hydrogen) atoms. The normalized spacial score (nSPS) is 37.5. The number of hydrogen-bond donors (Lipinski definition) is 4. The summed E-state index contributed by atoms with van der Waals surface area (Å²) in [5.41, 5.74) is 0.429. The Morgan fingerprint density at radius 1 is 1.19 bits per heavy atom. The Balaban J connectivity index is 1.34. The number of hydrogen-bond acceptors (Lipinski definition) is 8. The zero-order valence-electron chi connectivity index (χ0n) is 14.5. The van der Waals surface area contributed by atoms with Crippen LogP contribution in [0, 0.1) is 5.41 Å². The van der Waals surface area contributed by atoms with Crippen LogP contribution in [0.1, 0.15) is 38.5 Å². The molecule has 0 aromatic carbocycles. The Bertz CT molecular complexity index is 659. The molecule has 3 heterocycles. The van der Waals surface area contributed by atoms with E-state index in [0.29, 0.717) is 24.8 Å². The average molecular weight is 390 g/mol. The van der Waals surface area contributed by atoms with Crippen molar-refractivity contribution in [2.75, 3.05) is 19.6 Å². The molecule has 2 bridgehead atoms. The van der Waals surface area contributed by atoms with Gasteiger partial charge in [0.05, 0.1) is 12.1 Å². The highest BCUT2D eigenvalue weighted by Gasteiger charge is 2.50. The highest BCUT2D eigenvalue weighted by molar-refractivity contribution is 7.80. The zero-order valence-corrected chi connectivity index (χ0v) is 15.3. The van der Waals surface area contributed by atoms with Crippen LogP contribution in [0.25, 0.3) is 0 Å². The van der Waals surface area contributed by atoms with E-state index in [1.807, 2.05) is 0 Å². The maximum Gasteiger partial charge on any atom is 0.413 e. The number of hydroxylamine groups is 2. The van der Waals surface area contributed by atoms with E-state index in [-0.39, 0.29) is 18.0 Å². The third-order valence-electron chi connectivity index (χ3n) is 6.35. The van der Waals surface area contributed by atoms with Crippen LogP contribution in [-0.4, -0.2) is 78.1 Å². The molecule has 4 fully saturated rings. The maximum atomic E-state index is 12.7. The van der Waals surface area contributed by atoms with Crippen molar-refractivity contribution in [3.63, 3.8) is 0 Å². The number of fused-ring (bicyclic) bond motifs is 2. The number of carbonyl (C=O) groups excluding carboxylic acids is 1. The van der Waals surface area contributed by atoms with Gasteiger partial charge < -0.3 is 15.7 Å². The molecule has 0 aromatic heterocycles. The van der Waals surface area contributed by atoms with Gasteiger partial charge in [0.2, 0.25) is 5.91 Å². The molecule has 1 saturated carbocycles. The highest BCUT2D eigenvalue weighted by atomic mass is 32.3. The van der Waals surface area contributed by atoms with Crippen LogP contribution >= 0.6 is 0 Å². The fourth-order valence-electron chi connectivity index (χ4n) is 4.77. The number of piperidine rings is 1. The van der Waals surface area contributed by atoms with Crippen molar-refractivity contribution in [2.24, 2.45) is 5.41 Å². The van der Waals surface area contributed by atoms with E-state index in [4.69, 9.17) is 4.55 Å². The third-order valence-corrected chi connectivity index (χ3v) is 6.72. The van der Waals surface area contributed by atoms with Gasteiger partial charge in [-0.15, -0.1) is 5.06 Å². The van der Waals surface area contributed by atoms with Crippen LogP contribution in [0.5, 0.6) is 0 Å². The molecular weight excluding hydrogens is 364 g/mol. The summed E-state index contributed by atoms with van der Waals surface area (Å²) in [6.45, 7) is 2.46. The van der Waals surface area contributed by atoms with Gasteiger partial charge in [0.25, 0.3) is 0 Å². The largest absolute Gasteiger partial charge is 0.413 e. The van der Waals surface area contributed by atoms with E-state index in [0.717, 1.165) is 43.8 Å². The minimum absolute atomic E-state index is 0.135. The first-order valence-corrected chi connectivity index (χ1v) is 10.5. The first-order chi connectivity index (χ1) is 12.3. The Morgan fingerprint density at radius 3 is 2.46 bits per heavy atom. The van der Waals surface area contributed by atoms with Crippen LogP contribution in [-0.2, 0) is 19.5 Å². The van der Waals surface area contributed by atoms with Gasteiger partial charge in [-0.3, -0.25) is 14.2 Å². The molecule has 10 nitrogen and oxygen atoms in total. The van der Waals surface area contributed by atoms with Crippen molar-refractivity contribution in [3.8, 4) is 0 Å². The fraction of sp³-hybridized carbons (Fsp3) is 0.933. The lowest BCUT2D eigenvalue weighted by molar-refractivity contribution is -0.201. The molecule has 1 aliphatic carbocycles. The van der Waals surface area contributed by atoms with Crippen LogP contribution in [0.4, 0.5) is 0 Å². The molecule has 4 aliphatic rings. The summed E-state index contributed by atoms with van der Waals surface area (Å²) in [5, 5.41) is 17.6. The minimum atomic E-state index is -4.71. The van der Waals surface area contributed by atoms with E-state index in [2.05, 4.69) is 14.9 Å². The van der Waals surface area contributed by atoms with Crippen molar-refractivity contribution in [2.45, 2.75) is 63.0 Å². The van der Waals surface area contributed by atoms with Crippen LogP contribution < -0.4 is 10.6 Å². The molecule has 0 aromatic rings. The third kappa shape index (κ3) is 3.49. The molecule has 1 amide bonds. The van der Waals surface area contributed by atoms with E-state index in [9.17, 15) is 18.3 Å². The molecule has 4 atom stereocenters. The molecular formula is C15H26N4O6S. The van der Waals surface area contributed by atoms with E-state index in [1.54, 1.807) is 0 Å². The number of aliphatic hydroxyl groups excluding tert-OH is 1. The lowest BCUT2D eigenvalue weighted by atomic mass is 9.68. The van der Waals surface area contributed by atoms with E-state index in [1.165, 1.54) is 4.90 Å². The minimum Gasteiger partial charge on any atom is -0.363 e. The van der Waals surface area contributed by atoms with Gasteiger partial charge in [-0.2, -0.15) is 12.7 Å². The second-order valence-electron chi connectivity index (χ2n) is 8.04. The smallest absolute Gasteiger partial charge is 0.363 e. The van der Waals surface area contributed by atoms with Gasteiger partial charge in [-0.1, -0.05) is 0 Å². The summed E-state index contributed by atoms with van der Waals surface area (Å²) in [5.74, 6) is -0.135. The Morgan fingerprint density at radius 2 is 1.88 bits per heavy atom. The van der Waals surface area contributed by atoms with E-state index >= 15 is 0 Å². The number of nitrogens with zero attached hydrogens (tertiary/aromatic N) is 2. The van der Waals surface area contributed by atoms with Crippen molar-refractivity contribution >= 4 is 16.3 Å². The Labute approximate surface area is 152 Å². The molecule has 148 valence electrons. The maximum absolute atomic E-state index is 12.7. The SMILES string of the molecule is O=C(NC1CCC2(CC1)CNC2)[C@@H]1CC[C@@H]2CN1C(O)N2OS(=O)(=O)O. The van der Waals surface area contributed by atoms with Gasteiger partial charge in [0.1, 0.15) is 0 Å². The first-order valence-electron chi connectivity index (χ1n) is 9.17. The molecule has 4 N–H and O–H groups in total. The summed E-state index contributed by atoms with van der Waals surface area (Å²) in [7, 11) is -4.71. The second-order valence-corrected chi connectivity index (χ2v) is 9.04. The molecule has 2 unspecified atom stereocenters. The molecule has 4 rings (SSSR count). The highest BCUT2D eigenvalue weighted by Crippen LogP contribution is 2.39.